The molecule has 1 aromatic rings. The highest BCUT2D eigenvalue weighted by Crippen LogP contribution is 2.34. The number of nitrogens with zero attached hydrogens (tertiary/aromatic N) is 1. The highest BCUT2D eigenvalue weighted by Gasteiger charge is 2.33. The van der Waals surface area contributed by atoms with Crippen molar-refractivity contribution < 1.29 is 19.9 Å². The molecular weight excluding hydrogens is 270 g/mol. The lowest BCUT2D eigenvalue weighted by Gasteiger charge is -2.31. The quantitative estimate of drug-likeness (QED) is 0.825. The number of Topliss-reactive ketones (excluding diaryl/α,β-unsaturated/α-hetero) is 1. The summed E-state index contributed by atoms with van der Waals surface area (Å²) in [7, 11) is 0. The van der Waals surface area contributed by atoms with Crippen LogP contribution in [-0.2, 0) is 16.0 Å². The minimum absolute atomic E-state index is 0.0707. The number of aliphatic carboxylic acids is 1. The second-order valence-electron chi connectivity index (χ2n) is 5.18. The minimum atomic E-state index is -1.18. The third-order valence-electron chi connectivity index (χ3n) is 3.87. The van der Waals surface area contributed by atoms with Gasteiger partial charge < -0.3 is 5.11 Å². The average molecular weight is 285 g/mol. The predicted octanol–water partition coefficient (Wildman–Crippen LogP) is 2.02. The molecule has 0 saturated carbocycles. The van der Waals surface area contributed by atoms with Gasteiger partial charge in [0.2, 0.25) is 0 Å². The smallest absolute Gasteiger partial charge is 0.332 e. The number of rotatable bonds is 1. The lowest BCUT2D eigenvalue weighted by Crippen LogP contribution is -2.39. The molecule has 0 fully saturated rings. The summed E-state index contributed by atoms with van der Waals surface area (Å²) in [6.07, 6.45) is 4.72. The van der Waals surface area contributed by atoms with Crippen LogP contribution in [-0.4, -0.2) is 33.2 Å². The van der Waals surface area contributed by atoms with Crippen molar-refractivity contribution in [3.63, 3.8) is 0 Å². The molecule has 1 heterocycles. The van der Waals surface area contributed by atoms with Crippen molar-refractivity contribution >= 4 is 17.4 Å². The van der Waals surface area contributed by atoms with Crippen LogP contribution in [0.5, 0.6) is 0 Å². The SMILES string of the molecule is O=C1CCCc2ccccc2C2=C1C=CC(C(=O)O)N2O. The molecule has 0 amide bonds. The molecule has 2 aliphatic rings. The van der Waals surface area contributed by atoms with Gasteiger partial charge in [-0.1, -0.05) is 30.3 Å². The van der Waals surface area contributed by atoms with Crippen LogP contribution in [0.25, 0.3) is 5.70 Å². The second-order valence-corrected chi connectivity index (χ2v) is 5.18. The standard InChI is InChI=1S/C16H15NO4/c18-14-7-3-5-10-4-1-2-6-11(10)15-12(14)8-9-13(16(19)20)17(15)21/h1-2,4,6,8-9,13,21H,3,5,7H2,(H,19,20). The van der Waals surface area contributed by atoms with Crippen LogP contribution in [0.3, 0.4) is 0 Å². The Morgan fingerprint density at radius 3 is 2.76 bits per heavy atom. The zero-order valence-electron chi connectivity index (χ0n) is 11.3. The number of hydrogen-bond acceptors (Lipinski definition) is 4. The maximum absolute atomic E-state index is 12.2. The number of carboxylic acids is 1. The van der Waals surface area contributed by atoms with Crippen LogP contribution in [0.15, 0.2) is 42.0 Å². The molecule has 5 nitrogen and oxygen atoms in total. The van der Waals surface area contributed by atoms with Gasteiger partial charge in [0, 0.05) is 17.6 Å². The summed E-state index contributed by atoms with van der Waals surface area (Å²) in [5.41, 5.74) is 2.40. The Hall–Kier alpha value is -2.40. The fourth-order valence-corrected chi connectivity index (χ4v) is 2.83. The van der Waals surface area contributed by atoms with Crippen LogP contribution in [0.2, 0.25) is 0 Å². The Balaban J connectivity index is 2.21. The largest absolute Gasteiger partial charge is 0.479 e. The van der Waals surface area contributed by atoms with Crippen LogP contribution in [0, 0.1) is 0 Å². The van der Waals surface area contributed by atoms with Crippen molar-refractivity contribution in [3.8, 4) is 0 Å². The number of allylic oxidation sites excluding steroid dienone is 2. The van der Waals surface area contributed by atoms with Crippen molar-refractivity contribution in [1.29, 1.82) is 0 Å². The normalized spacial score (nSPS) is 21.5. The van der Waals surface area contributed by atoms with E-state index in [-0.39, 0.29) is 5.78 Å². The first-order valence-corrected chi connectivity index (χ1v) is 6.84. The van der Waals surface area contributed by atoms with Gasteiger partial charge in [-0.05, 0) is 24.5 Å². The molecule has 0 spiro atoms. The summed E-state index contributed by atoms with van der Waals surface area (Å²) in [6, 6.07) is 6.29. The maximum Gasteiger partial charge on any atom is 0.332 e. The molecule has 108 valence electrons. The minimum Gasteiger partial charge on any atom is -0.479 e. The number of hydroxylamine groups is 2. The van der Waals surface area contributed by atoms with Gasteiger partial charge in [0.1, 0.15) is 0 Å². The van der Waals surface area contributed by atoms with Gasteiger partial charge in [0.25, 0.3) is 0 Å². The fourth-order valence-electron chi connectivity index (χ4n) is 2.83. The average Bonchev–Trinajstić information content (AvgIpc) is 2.45. The lowest BCUT2D eigenvalue weighted by atomic mass is 9.88. The number of carboxylic acid groups (broad SMARTS) is 1. The Morgan fingerprint density at radius 1 is 1.24 bits per heavy atom. The molecule has 0 saturated heterocycles. The topological polar surface area (TPSA) is 77.8 Å². The number of carbonyl (C=O) groups excluding carboxylic acids is 1. The van der Waals surface area contributed by atoms with Gasteiger partial charge in [-0.2, -0.15) is 0 Å². The van der Waals surface area contributed by atoms with E-state index in [9.17, 15) is 19.9 Å². The Kier molecular flexibility index (Phi) is 3.35. The van der Waals surface area contributed by atoms with Crippen LogP contribution >= 0.6 is 0 Å². The third kappa shape index (κ3) is 2.25. The molecule has 1 aliphatic carbocycles. The molecule has 2 N–H and O–H groups in total. The second kappa shape index (κ2) is 5.18. The monoisotopic (exact) mass is 285 g/mol. The van der Waals surface area contributed by atoms with E-state index in [2.05, 4.69) is 0 Å². The van der Waals surface area contributed by atoms with E-state index >= 15 is 0 Å². The highest BCUT2D eigenvalue weighted by molar-refractivity contribution is 6.06. The van der Waals surface area contributed by atoms with E-state index in [0.717, 1.165) is 24.0 Å². The third-order valence-corrected chi connectivity index (χ3v) is 3.87. The fraction of sp³-hybridized carbons (Fsp3) is 0.250. The van der Waals surface area contributed by atoms with Gasteiger partial charge in [-0.15, -0.1) is 0 Å². The molecule has 1 aliphatic heterocycles. The van der Waals surface area contributed by atoms with Gasteiger partial charge in [-0.25, -0.2) is 9.86 Å². The zero-order chi connectivity index (χ0) is 15.0. The van der Waals surface area contributed by atoms with Crippen LogP contribution in [0.1, 0.15) is 24.0 Å². The van der Waals surface area contributed by atoms with Crippen molar-refractivity contribution in [2.45, 2.75) is 25.3 Å². The molecule has 5 heteroatoms. The molecule has 0 aromatic heterocycles. The molecule has 1 aromatic carbocycles. The van der Waals surface area contributed by atoms with E-state index in [1.54, 1.807) is 0 Å². The van der Waals surface area contributed by atoms with Gasteiger partial charge in [0.05, 0.1) is 5.70 Å². The predicted molar refractivity (Wildman–Crippen MR) is 75.5 cm³/mol. The number of fused-ring (bicyclic) bond motifs is 2. The van der Waals surface area contributed by atoms with Crippen molar-refractivity contribution in [2.24, 2.45) is 0 Å². The van der Waals surface area contributed by atoms with Gasteiger partial charge >= 0.3 is 5.97 Å². The molecule has 21 heavy (non-hydrogen) atoms. The molecule has 0 bridgehead atoms. The number of ketones is 1. The van der Waals surface area contributed by atoms with Crippen molar-refractivity contribution in [3.05, 3.63) is 53.1 Å². The van der Waals surface area contributed by atoms with Crippen molar-refractivity contribution in [2.75, 3.05) is 0 Å². The molecule has 1 unspecified atom stereocenters. The summed E-state index contributed by atoms with van der Waals surface area (Å²) in [5, 5.41) is 20.2. The number of carbonyl (C=O) groups is 2. The van der Waals surface area contributed by atoms with Crippen LogP contribution < -0.4 is 0 Å². The Bertz CT molecular complexity index is 675. The van der Waals surface area contributed by atoms with Crippen molar-refractivity contribution in [1.82, 2.24) is 5.06 Å². The van der Waals surface area contributed by atoms with E-state index in [0.29, 0.717) is 22.8 Å². The first kappa shape index (κ1) is 13.6. The molecule has 0 radical (unpaired) electrons. The van der Waals surface area contributed by atoms with E-state index in [4.69, 9.17) is 0 Å². The first-order valence-electron chi connectivity index (χ1n) is 6.84. The van der Waals surface area contributed by atoms with E-state index < -0.39 is 12.0 Å². The maximum atomic E-state index is 12.2. The first-order chi connectivity index (χ1) is 10.1. The van der Waals surface area contributed by atoms with Gasteiger partial charge in [0.15, 0.2) is 11.8 Å². The summed E-state index contributed by atoms with van der Waals surface area (Å²) in [6.45, 7) is 0. The van der Waals surface area contributed by atoms with E-state index in [1.165, 1.54) is 12.2 Å². The molecule has 3 rings (SSSR count). The Labute approximate surface area is 121 Å². The summed E-state index contributed by atoms with van der Waals surface area (Å²) < 4.78 is 0. The number of benzene rings is 1. The molecular formula is C16H15NO4. The summed E-state index contributed by atoms with van der Waals surface area (Å²) in [5.74, 6) is -1.23. The number of aryl methyl sites for hydroxylation is 1. The zero-order valence-corrected chi connectivity index (χ0v) is 11.3. The van der Waals surface area contributed by atoms with Gasteiger partial charge in [-0.3, -0.25) is 10.0 Å². The summed E-state index contributed by atoms with van der Waals surface area (Å²) >= 11 is 0. The number of hydrogen-bond donors (Lipinski definition) is 2. The molecule has 1 atom stereocenters. The van der Waals surface area contributed by atoms with Crippen LogP contribution in [0.4, 0.5) is 0 Å². The summed E-state index contributed by atoms with van der Waals surface area (Å²) in [4.78, 5) is 23.5. The van der Waals surface area contributed by atoms with E-state index in [1.807, 2.05) is 24.3 Å². The highest BCUT2D eigenvalue weighted by atomic mass is 16.5. The Morgan fingerprint density at radius 2 is 2.00 bits per heavy atom. The lowest BCUT2D eigenvalue weighted by molar-refractivity contribution is -0.151.